The number of aromatic nitrogens is 4. The molecular weight excluding hydrogens is 384 g/mol. The van der Waals surface area contributed by atoms with Gasteiger partial charge in [0, 0.05) is 5.56 Å². The monoisotopic (exact) mass is 398 g/mol. The van der Waals surface area contributed by atoms with Crippen LogP contribution < -0.4 is 0 Å². The fraction of sp³-hybridized carbons (Fsp3) is 0.111. The van der Waals surface area contributed by atoms with Gasteiger partial charge < -0.3 is 4.52 Å². The van der Waals surface area contributed by atoms with Crippen molar-refractivity contribution in [3.05, 3.63) is 69.9 Å². The molecule has 0 saturated heterocycles. The summed E-state index contributed by atoms with van der Waals surface area (Å²) in [5, 5.41) is 8.64. The van der Waals surface area contributed by atoms with Crippen molar-refractivity contribution in [3.8, 4) is 17.1 Å². The molecule has 4 rings (SSSR count). The highest BCUT2D eigenvalue weighted by Gasteiger charge is 2.11. The van der Waals surface area contributed by atoms with Crippen LogP contribution >= 0.6 is 35.3 Å². The van der Waals surface area contributed by atoms with Gasteiger partial charge in [-0.2, -0.15) is 4.98 Å². The Labute approximate surface area is 163 Å². The first-order valence-electron chi connectivity index (χ1n) is 7.87. The van der Waals surface area contributed by atoms with Gasteiger partial charge in [-0.1, -0.05) is 64.2 Å². The van der Waals surface area contributed by atoms with Crippen LogP contribution in [0.4, 0.5) is 0 Å². The lowest BCUT2D eigenvalue weighted by Gasteiger charge is -1.98. The Morgan fingerprint density at radius 2 is 2.00 bits per heavy atom. The number of rotatable bonds is 5. The summed E-state index contributed by atoms with van der Waals surface area (Å²) < 4.78 is 8.74. The molecule has 0 radical (unpaired) electrons. The molecule has 0 amide bonds. The zero-order valence-electron chi connectivity index (χ0n) is 13.8. The molecule has 2 aromatic carbocycles. The second-order valence-corrected chi connectivity index (χ2v) is 8.40. The van der Waals surface area contributed by atoms with E-state index in [9.17, 15) is 0 Å². The van der Waals surface area contributed by atoms with E-state index in [1.807, 2.05) is 61.5 Å². The van der Waals surface area contributed by atoms with E-state index in [-0.39, 0.29) is 0 Å². The molecule has 4 aromatic rings. The smallest absolute Gasteiger partial charge is 0.257 e. The molecule has 0 fully saturated rings. The summed E-state index contributed by atoms with van der Waals surface area (Å²) in [5.41, 5.74) is 3.04. The SMILES string of the molecule is Cc1cccc(-c2nc(CSc3nn(-c4ccccc4)c(=S)s3)no2)c1. The number of hydrogen-bond acceptors (Lipinski definition) is 7. The molecule has 0 unspecified atom stereocenters. The molecular formula is C18H14N4OS3. The summed E-state index contributed by atoms with van der Waals surface area (Å²) in [6.45, 7) is 2.04. The predicted molar refractivity (Wildman–Crippen MR) is 106 cm³/mol. The lowest BCUT2D eigenvalue weighted by Crippen LogP contribution is -1.95. The summed E-state index contributed by atoms with van der Waals surface area (Å²) in [7, 11) is 0. The highest BCUT2D eigenvalue weighted by atomic mass is 32.2. The van der Waals surface area contributed by atoms with Gasteiger partial charge >= 0.3 is 0 Å². The van der Waals surface area contributed by atoms with Crippen molar-refractivity contribution in [1.82, 2.24) is 19.9 Å². The Kier molecular flexibility index (Phi) is 4.96. The van der Waals surface area contributed by atoms with E-state index in [0.717, 1.165) is 21.2 Å². The van der Waals surface area contributed by atoms with Crippen LogP contribution in [0.25, 0.3) is 17.1 Å². The largest absolute Gasteiger partial charge is 0.334 e. The first-order chi connectivity index (χ1) is 12.7. The van der Waals surface area contributed by atoms with Crippen molar-refractivity contribution < 1.29 is 4.52 Å². The maximum absolute atomic E-state index is 5.42. The zero-order valence-corrected chi connectivity index (χ0v) is 16.3. The Morgan fingerprint density at radius 1 is 1.15 bits per heavy atom. The van der Waals surface area contributed by atoms with Gasteiger partial charge in [-0.3, -0.25) is 0 Å². The summed E-state index contributed by atoms with van der Waals surface area (Å²) >= 11 is 8.45. The van der Waals surface area contributed by atoms with Crippen molar-refractivity contribution in [1.29, 1.82) is 0 Å². The van der Waals surface area contributed by atoms with Gasteiger partial charge in [0.25, 0.3) is 5.89 Å². The van der Waals surface area contributed by atoms with E-state index < -0.39 is 0 Å². The lowest BCUT2D eigenvalue weighted by atomic mass is 10.1. The summed E-state index contributed by atoms with van der Waals surface area (Å²) in [5.74, 6) is 1.75. The van der Waals surface area contributed by atoms with Crippen LogP contribution in [0.2, 0.25) is 0 Å². The molecule has 0 spiro atoms. The molecule has 0 N–H and O–H groups in total. The summed E-state index contributed by atoms with van der Waals surface area (Å²) in [4.78, 5) is 4.47. The van der Waals surface area contributed by atoms with Gasteiger partial charge in [-0.05, 0) is 43.4 Å². The van der Waals surface area contributed by atoms with Crippen LogP contribution in [0.1, 0.15) is 11.4 Å². The van der Waals surface area contributed by atoms with Crippen LogP contribution in [0, 0.1) is 10.9 Å². The molecule has 130 valence electrons. The first-order valence-corrected chi connectivity index (χ1v) is 10.1. The second-order valence-electron chi connectivity index (χ2n) is 5.56. The van der Waals surface area contributed by atoms with Crippen LogP contribution in [0.3, 0.4) is 0 Å². The highest BCUT2D eigenvalue weighted by Crippen LogP contribution is 2.27. The number of nitrogens with zero attached hydrogens (tertiary/aromatic N) is 4. The van der Waals surface area contributed by atoms with Crippen LogP contribution in [-0.2, 0) is 5.75 Å². The third-order valence-corrected chi connectivity index (χ3v) is 5.95. The van der Waals surface area contributed by atoms with Gasteiger partial charge in [0.05, 0.1) is 11.4 Å². The zero-order chi connectivity index (χ0) is 17.9. The quantitative estimate of drug-likeness (QED) is 0.335. The molecule has 5 nitrogen and oxygen atoms in total. The highest BCUT2D eigenvalue weighted by molar-refractivity contribution is 8.00. The van der Waals surface area contributed by atoms with Crippen LogP contribution in [0.15, 0.2) is 63.5 Å². The normalized spacial score (nSPS) is 11.0. The van der Waals surface area contributed by atoms with E-state index in [1.165, 1.54) is 11.3 Å². The van der Waals surface area contributed by atoms with Crippen molar-refractivity contribution in [3.63, 3.8) is 0 Å². The molecule has 0 aliphatic carbocycles. The van der Waals surface area contributed by atoms with E-state index in [2.05, 4.69) is 15.2 Å². The number of aryl methyl sites for hydroxylation is 1. The lowest BCUT2D eigenvalue weighted by molar-refractivity contribution is 0.425. The average molecular weight is 399 g/mol. The molecule has 2 heterocycles. The number of hydrogen-bond donors (Lipinski definition) is 0. The molecule has 0 saturated carbocycles. The van der Waals surface area contributed by atoms with E-state index in [4.69, 9.17) is 16.7 Å². The minimum atomic E-state index is 0.534. The predicted octanol–water partition coefficient (Wildman–Crippen LogP) is 5.31. The van der Waals surface area contributed by atoms with Crippen molar-refractivity contribution in [2.24, 2.45) is 0 Å². The molecule has 26 heavy (non-hydrogen) atoms. The Hall–Kier alpha value is -2.29. The van der Waals surface area contributed by atoms with E-state index in [1.54, 1.807) is 16.4 Å². The van der Waals surface area contributed by atoms with Crippen LogP contribution in [-0.4, -0.2) is 19.9 Å². The molecule has 0 atom stereocenters. The number of para-hydroxylation sites is 1. The standard InChI is InChI=1S/C18H14N4OS3/c1-12-6-5-7-13(10-12)16-19-15(21-23-16)11-25-17-20-22(18(24)26-17)14-8-3-2-4-9-14/h2-10H,11H2,1H3. The maximum atomic E-state index is 5.42. The minimum absolute atomic E-state index is 0.534. The molecule has 0 aliphatic heterocycles. The summed E-state index contributed by atoms with van der Waals surface area (Å²) in [6.07, 6.45) is 0. The van der Waals surface area contributed by atoms with Gasteiger partial charge in [-0.15, -0.1) is 5.10 Å². The molecule has 2 aromatic heterocycles. The van der Waals surface area contributed by atoms with Gasteiger partial charge in [0.1, 0.15) is 0 Å². The van der Waals surface area contributed by atoms with E-state index in [0.29, 0.717) is 21.4 Å². The Morgan fingerprint density at radius 3 is 2.81 bits per heavy atom. The third-order valence-electron chi connectivity index (χ3n) is 3.59. The van der Waals surface area contributed by atoms with Gasteiger partial charge in [-0.25, -0.2) is 4.68 Å². The van der Waals surface area contributed by atoms with E-state index >= 15 is 0 Å². The first kappa shape index (κ1) is 17.1. The van der Waals surface area contributed by atoms with Crippen LogP contribution in [0.5, 0.6) is 0 Å². The van der Waals surface area contributed by atoms with Gasteiger partial charge in [0.15, 0.2) is 14.1 Å². The van der Waals surface area contributed by atoms with Crippen molar-refractivity contribution in [2.45, 2.75) is 17.0 Å². The Bertz CT molecular complexity index is 1090. The minimum Gasteiger partial charge on any atom is -0.334 e. The fourth-order valence-corrected chi connectivity index (χ4v) is 4.59. The second kappa shape index (κ2) is 7.53. The summed E-state index contributed by atoms with van der Waals surface area (Å²) in [6, 6.07) is 17.9. The topological polar surface area (TPSA) is 56.7 Å². The Balaban J connectivity index is 1.48. The van der Waals surface area contributed by atoms with Crippen molar-refractivity contribution >= 4 is 35.3 Å². The molecule has 8 heteroatoms. The number of benzene rings is 2. The molecule has 0 bridgehead atoms. The van der Waals surface area contributed by atoms with Gasteiger partial charge in [0.2, 0.25) is 0 Å². The fourth-order valence-electron chi connectivity index (χ4n) is 2.39. The molecule has 0 aliphatic rings. The maximum Gasteiger partial charge on any atom is 0.257 e. The third kappa shape index (κ3) is 3.77. The average Bonchev–Trinajstić information content (AvgIpc) is 3.27. The van der Waals surface area contributed by atoms with Crippen molar-refractivity contribution in [2.75, 3.05) is 0 Å². The number of thioether (sulfide) groups is 1.